The van der Waals surface area contributed by atoms with Gasteiger partial charge in [-0.2, -0.15) is 26.3 Å². The van der Waals surface area contributed by atoms with Gasteiger partial charge in [0.1, 0.15) is 0 Å². The third-order valence-electron chi connectivity index (χ3n) is 2.08. The lowest BCUT2D eigenvalue weighted by Gasteiger charge is -2.16. The van der Waals surface area contributed by atoms with Crippen LogP contribution in [0.5, 0.6) is 0 Å². The lowest BCUT2D eigenvalue weighted by molar-refractivity contribution is -0.143. The molecule has 0 aliphatic rings. The summed E-state index contributed by atoms with van der Waals surface area (Å²) in [7, 11) is 0. The van der Waals surface area contributed by atoms with Gasteiger partial charge in [-0.25, -0.2) is 0 Å². The van der Waals surface area contributed by atoms with Gasteiger partial charge in [-0.05, 0) is 12.1 Å². The van der Waals surface area contributed by atoms with Gasteiger partial charge in [-0.1, -0.05) is 0 Å². The van der Waals surface area contributed by atoms with Crippen LogP contribution in [0, 0.1) is 0 Å². The van der Waals surface area contributed by atoms with E-state index in [1.54, 1.807) is 0 Å². The van der Waals surface area contributed by atoms with Crippen LogP contribution in [0.25, 0.3) is 0 Å². The molecule has 3 N–H and O–H groups in total. The fraction of sp³-hybridized carbons (Fsp3) is 0.333. The molecule has 0 atom stereocenters. The molecular formula is C9H7F6NO. The van der Waals surface area contributed by atoms with E-state index >= 15 is 0 Å². The zero-order valence-corrected chi connectivity index (χ0v) is 8.15. The van der Waals surface area contributed by atoms with Gasteiger partial charge in [0.05, 0.1) is 17.7 Å². The number of benzene rings is 1. The maximum absolute atomic E-state index is 12.4. The molecule has 0 saturated carbocycles. The maximum atomic E-state index is 12.4. The lowest BCUT2D eigenvalue weighted by atomic mass is 10.0. The van der Waals surface area contributed by atoms with Crippen molar-refractivity contribution < 1.29 is 31.4 Å². The van der Waals surface area contributed by atoms with E-state index in [1.165, 1.54) is 0 Å². The van der Waals surface area contributed by atoms with Crippen LogP contribution >= 0.6 is 0 Å². The Hall–Kier alpha value is -1.44. The van der Waals surface area contributed by atoms with Crippen LogP contribution in [0.3, 0.4) is 0 Å². The molecule has 0 amide bonds. The van der Waals surface area contributed by atoms with Crippen molar-refractivity contribution >= 4 is 5.69 Å². The van der Waals surface area contributed by atoms with Gasteiger partial charge in [0.2, 0.25) is 0 Å². The molecule has 0 spiro atoms. The zero-order valence-electron chi connectivity index (χ0n) is 8.15. The minimum Gasteiger partial charge on any atom is -0.398 e. The van der Waals surface area contributed by atoms with Crippen LogP contribution in [-0.2, 0) is 19.0 Å². The molecule has 96 valence electrons. The summed E-state index contributed by atoms with van der Waals surface area (Å²) in [5.74, 6) is 0. The molecule has 1 aromatic rings. The third kappa shape index (κ3) is 2.82. The molecule has 0 bridgehead atoms. The third-order valence-corrected chi connectivity index (χ3v) is 2.08. The summed E-state index contributed by atoms with van der Waals surface area (Å²) in [5, 5.41) is 8.70. The number of alkyl halides is 6. The second kappa shape index (κ2) is 4.10. The number of anilines is 1. The van der Waals surface area contributed by atoms with Gasteiger partial charge in [-0.15, -0.1) is 0 Å². The van der Waals surface area contributed by atoms with E-state index in [0.717, 1.165) is 0 Å². The van der Waals surface area contributed by atoms with Crippen LogP contribution in [0.2, 0.25) is 0 Å². The quantitative estimate of drug-likeness (QED) is 0.601. The summed E-state index contributed by atoms with van der Waals surface area (Å²) in [6.07, 6.45) is -9.93. The van der Waals surface area contributed by atoms with Crippen molar-refractivity contribution in [2.45, 2.75) is 19.0 Å². The number of hydrogen-bond donors (Lipinski definition) is 2. The normalized spacial score (nSPS) is 12.9. The largest absolute Gasteiger partial charge is 0.416 e. The lowest BCUT2D eigenvalue weighted by Crippen LogP contribution is -2.15. The van der Waals surface area contributed by atoms with Crippen molar-refractivity contribution in [3.8, 4) is 0 Å². The first-order chi connectivity index (χ1) is 7.57. The first-order valence-electron chi connectivity index (χ1n) is 4.25. The highest BCUT2D eigenvalue weighted by Gasteiger charge is 2.39. The van der Waals surface area contributed by atoms with E-state index in [0.29, 0.717) is 6.07 Å². The molecule has 0 fully saturated rings. The number of hydrogen-bond acceptors (Lipinski definition) is 2. The average Bonchev–Trinajstić information content (AvgIpc) is 2.13. The van der Waals surface area contributed by atoms with Crippen molar-refractivity contribution in [3.05, 3.63) is 28.8 Å². The Morgan fingerprint density at radius 3 is 1.88 bits per heavy atom. The average molecular weight is 259 g/mol. The van der Waals surface area contributed by atoms with E-state index in [1.807, 2.05) is 0 Å². The molecule has 0 aromatic heterocycles. The van der Waals surface area contributed by atoms with Gasteiger partial charge < -0.3 is 10.8 Å². The first-order valence-corrected chi connectivity index (χ1v) is 4.25. The Labute approximate surface area is 91.7 Å². The highest BCUT2D eigenvalue weighted by atomic mass is 19.4. The van der Waals surface area contributed by atoms with Crippen LogP contribution in [-0.4, -0.2) is 5.11 Å². The Morgan fingerprint density at radius 1 is 1.00 bits per heavy atom. The van der Waals surface area contributed by atoms with Crippen molar-refractivity contribution in [3.63, 3.8) is 0 Å². The smallest absolute Gasteiger partial charge is 0.398 e. The second-order valence-corrected chi connectivity index (χ2v) is 3.25. The van der Waals surface area contributed by atoms with Crippen LogP contribution in [0.15, 0.2) is 12.1 Å². The fourth-order valence-electron chi connectivity index (χ4n) is 1.29. The van der Waals surface area contributed by atoms with Crippen molar-refractivity contribution in [2.75, 3.05) is 5.73 Å². The molecule has 2 nitrogen and oxygen atoms in total. The predicted octanol–water partition coefficient (Wildman–Crippen LogP) is 2.80. The van der Waals surface area contributed by atoms with Crippen molar-refractivity contribution in [2.24, 2.45) is 0 Å². The summed E-state index contributed by atoms with van der Waals surface area (Å²) >= 11 is 0. The predicted molar refractivity (Wildman–Crippen MR) is 46.8 cm³/mol. The Balaban J connectivity index is 3.51. The topological polar surface area (TPSA) is 46.2 Å². The Kier molecular flexibility index (Phi) is 3.28. The zero-order chi connectivity index (χ0) is 13.4. The SMILES string of the molecule is Nc1cc(C(F)(F)F)cc(C(F)(F)F)c1CO. The van der Waals surface area contributed by atoms with Gasteiger partial charge in [0, 0.05) is 11.3 Å². The van der Waals surface area contributed by atoms with Crippen molar-refractivity contribution in [1.29, 1.82) is 0 Å². The summed E-state index contributed by atoms with van der Waals surface area (Å²) < 4.78 is 74.2. The molecule has 0 heterocycles. The minimum absolute atomic E-state index is 0.0675. The molecule has 0 aliphatic heterocycles. The number of halogens is 6. The molecule has 0 aliphatic carbocycles. The summed E-state index contributed by atoms with van der Waals surface area (Å²) in [6, 6.07) is 0.294. The standard InChI is InChI=1S/C9H7F6NO/c10-8(11,12)4-1-6(9(13,14)15)5(3-17)7(16)2-4/h1-2,17H,3,16H2. The van der Waals surface area contributed by atoms with Gasteiger partial charge in [0.25, 0.3) is 0 Å². The summed E-state index contributed by atoms with van der Waals surface area (Å²) in [5.41, 5.74) is 0.489. The van der Waals surface area contributed by atoms with Gasteiger partial charge in [-0.3, -0.25) is 0 Å². The Bertz CT molecular complexity index is 423. The van der Waals surface area contributed by atoms with Gasteiger partial charge in [0.15, 0.2) is 0 Å². The van der Waals surface area contributed by atoms with E-state index in [2.05, 4.69) is 0 Å². The van der Waals surface area contributed by atoms with Crippen molar-refractivity contribution in [1.82, 2.24) is 0 Å². The number of aliphatic hydroxyl groups excluding tert-OH is 1. The number of nitrogens with two attached hydrogens (primary N) is 1. The molecule has 1 aromatic carbocycles. The number of rotatable bonds is 1. The van der Waals surface area contributed by atoms with Crippen LogP contribution in [0.1, 0.15) is 16.7 Å². The number of aliphatic hydroxyl groups is 1. The highest BCUT2D eigenvalue weighted by molar-refractivity contribution is 5.54. The first kappa shape index (κ1) is 13.6. The Morgan fingerprint density at radius 2 is 1.53 bits per heavy atom. The van der Waals surface area contributed by atoms with Gasteiger partial charge >= 0.3 is 12.4 Å². The molecule has 0 saturated heterocycles. The maximum Gasteiger partial charge on any atom is 0.416 e. The molecule has 17 heavy (non-hydrogen) atoms. The second-order valence-electron chi connectivity index (χ2n) is 3.25. The fourth-order valence-corrected chi connectivity index (χ4v) is 1.29. The molecule has 1 rings (SSSR count). The van der Waals surface area contributed by atoms with E-state index in [4.69, 9.17) is 10.8 Å². The van der Waals surface area contributed by atoms with Crippen LogP contribution in [0.4, 0.5) is 32.0 Å². The van der Waals surface area contributed by atoms with E-state index in [9.17, 15) is 26.3 Å². The van der Waals surface area contributed by atoms with Crippen LogP contribution < -0.4 is 5.73 Å². The van der Waals surface area contributed by atoms with E-state index in [-0.39, 0.29) is 6.07 Å². The summed E-state index contributed by atoms with van der Waals surface area (Å²) in [4.78, 5) is 0. The van der Waals surface area contributed by atoms with E-state index < -0.39 is 41.3 Å². The molecule has 0 radical (unpaired) electrons. The minimum atomic E-state index is -5.01. The number of nitrogen functional groups attached to an aromatic ring is 1. The molecule has 8 heteroatoms. The summed E-state index contributed by atoms with van der Waals surface area (Å²) in [6.45, 7) is -1.08. The molecular weight excluding hydrogens is 252 g/mol. The highest BCUT2D eigenvalue weighted by Crippen LogP contribution is 2.39. The monoisotopic (exact) mass is 259 g/mol. The molecule has 0 unspecified atom stereocenters.